The summed E-state index contributed by atoms with van der Waals surface area (Å²) in [6, 6.07) is 6.34. The van der Waals surface area contributed by atoms with Gasteiger partial charge < -0.3 is 16.4 Å². The molecular formula is C28H47N5. The fourth-order valence-electron chi connectivity index (χ4n) is 4.35. The number of unbranched alkanes of at least 4 members (excludes halogenated alkanes) is 13. The summed E-state index contributed by atoms with van der Waals surface area (Å²) in [5.74, 6) is 1.37. The highest BCUT2D eigenvalue weighted by Gasteiger charge is 2.08. The molecule has 4 N–H and O–H groups in total. The van der Waals surface area contributed by atoms with Gasteiger partial charge in [0.15, 0.2) is 11.6 Å². The van der Waals surface area contributed by atoms with Crippen molar-refractivity contribution in [3.8, 4) is 0 Å². The van der Waals surface area contributed by atoms with E-state index in [0.29, 0.717) is 17.3 Å². The molecule has 0 bridgehead atoms. The van der Waals surface area contributed by atoms with E-state index in [9.17, 15) is 0 Å². The standard InChI is InChI=1S/C28H47N5/c1-4-5-6-7-8-9-10-11-12-13-14-15-16-17-18-30-27-26(29)28(32-22-31-27)33-25-20-23(2)19-24(3)21-25/h19-22H,4-18,29H2,1-3H3,(H2,30,31,32,33). The molecule has 0 unspecified atom stereocenters. The minimum Gasteiger partial charge on any atom is -0.393 e. The Bertz CT molecular complexity index is 770. The van der Waals surface area contributed by atoms with Crippen LogP contribution in [0.4, 0.5) is 23.0 Å². The lowest BCUT2D eigenvalue weighted by atomic mass is 10.0. The normalized spacial score (nSPS) is 11.0. The van der Waals surface area contributed by atoms with Crippen LogP contribution in [0.2, 0.25) is 0 Å². The quantitative estimate of drug-likeness (QED) is 0.198. The van der Waals surface area contributed by atoms with Crippen molar-refractivity contribution in [2.75, 3.05) is 22.9 Å². The van der Waals surface area contributed by atoms with Gasteiger partial charge in [-0.3, -0.25) is 0 Å². The summed E-state index contributed by atoms with van der Waals surface area (Å²) in [6.07, 6.45) is 20.8. The molecule has 0 fully saturated rings. The minimum absolute atomic E-state index is 0.571. The number of aromatic nitrogens is 2. The molecular weight excluding hydrogens is 406 g/mol. The molecule has 0 aliphatic heterocycles. The molecule has 184 valence electrons. The molecule has 33 heavy (non-hydrogen) atoms. The molecule has 5 heteroatoms. The number of nitrogen functional groups attached to an aromatic ring is 1. The number of benzene rings is 1. The van der Waals surface area contributed by atoms with Crippen LogP contribution in [-0.4, -0.2) is 16.5 Å². The maximum Gasteiger partial charge on any atom is 0.159 e. The Balaban J connectivity index is 1.54. The fraction of sp³-hybridized carbons (Fsp3) is 0.643. The molecule has 0 radical (unpaired) electrons. The van der Waals surface area contributed by atoms with Crippen molar-refractivity contribution in [2.45, 2.75) is 111 Å². The highest BCUT2D eigenvalue weighted by atomic mass is 15.1. The van der Waals surface area contributed by atoms with Crippen LogP contribution in [0.3, 0.4) is 0 Å². The number of hydrogen-bond donors (Lipinski definition) is 3. The lowest BCUT2D eigenvalue weighted by Gasteiger charge is -2.13. The fourth-order valence-corrected chi connectivity index (χ4v) is 4.35. The Kier molecular flexibility index (Phi) is 13.3. The van der Waals surface area contributed by atoms with Crippen molar-refractivity contribution in [1.82, 2.24) is 9.97 Å². The van der Waals surface area contributed by atoms with Crippen LogP contribution < -0.4 is 16.4 Å². The van der Waals surface area contributed by atoms with E-state index in [1.807, 2.05) is 0 Å². The zero-order valence-electron chi connectivity index (χ0n) is 21.4. The number of nitrogens with two attached hydrogens (primary N) is 1. The topological polar surface area (TPSA) is 75.9 Å². The van der Waals surface area contributed by atoms with Gasteiger partial charge in [-0.15, -0.1) is 0 Å². The van der Waals surface area contributed by atoms with Crippen molar-refractivity contribution in [2.24, 2.45) is 0 Å². The first-order chi connectivity index (χ1) is 16.1. The number of aryl methyl sites for hydroxylation is 2. The Morgan fingerprint density at radius 3 is 1.70 bits per heavy atom. The number of hydrogen-bond acceptors (Lipinski definition) is 5. The van der Waals surface area contributed by atoms with Crippen LogP contribution >= 0.6 is 0 Å². The van der Waals surface area contributed by atoms with Crippen molar-refractivity contribution in [3.05, 3.63) is 35.7 Å². The Morgan fingerprint density at radius 1 is 0.667 bits per heavy atom. The molecule has 0 saturated heterocycles. The number of anilines is 4. The molecule has 0 spiro atoms. The third-order valence-electron chi connectivity index (χ3n) is 6.19. The van der Waals surface area contributed by atoms with Gasteiger partial charge in [0, 0.05) is 12.2 Å². The van der Waals surface area contributed by atoms with E-state index in [1.54, 1.807) is 6.33 Å². The van der Waals surface area contributed by atoms with Crippen LogP contribution in [0.5, 0.6) is 0 Å². The highest BCUT2D eigenvalue weighted by Crippen LogP contribution is 2.26. The molecule has 1 aromatic carbocycles. The predicted molar refractivity (Wildman–Crippen MR) is 144 cm³/mol. The monoisotopic (exact) mass is 453 g/mol. The van der Waals surface area contributed by atoms with Gasteiger partial charge in [-0.2, -0.15) is 0 Å². The maximum atomic E-state index is 6.32. The van der Waals surface area contributed by atoms with Gasteiger partial charge in [0.25, 0.3) is 0 Å². The highest BCUT2D eigenvalue weighted by molar-refractivity contribution is 5.77. The Hall–Kier alpha value is -2.30. The second-order valence-corrected chi connectivity index (χ2v) is 9.51. The number of nitrogens with one attached hydrogen (secondary N) is 2. The minimum atomic E-state index is 0.571. The molecule has 1 heterocycles. The van der Waals surface area contributed by atoms with Crippen LogP contribution in [0, 0.1) is 13.8 Å². The van der Waals surface area contributed by atoms with E-state index < -0.39 is 0 Å². The summed E-state index contributed by atoms with van der Waals surface area (Å²) in [6.45, 7) is 7.35. The van der Waals surface area contributed by atoms with Crippen LogP contribution in [0.15, 0.2) is 24.5 Å². The first-order valence-corrected chi connectivity index (χ1v) is 13.3. The Labute approximate surface area is 202 Å². The van der Waals surface area contributed by atoms with Gasteiger partial charge in [0.05, 0.1) is 0 Å². The second-order valence-electron chi connectivity index (χ2n) is 9.51. The summed E-state index contributed by atoms with van der Waals surface area (Å²) in [4.78, 5) is 8.66. The van der Waals surface area contributed by atoms with E-state index in [2.05, 4.69) is 59.6 Å². The van der Waals surface area contributed by atoms with Gasteiger partial charge in [0.1, 0.15) is 12.0 Å². The van der Waals surface area contributed by atoms with Crippen LogP contribution in [0.25, 0.3) is 0 Å². The summed E-state index contributed by atoms with van der Waals surface area (Å²) in [7, 11) is 0. The van der Waals surface area contributed by atoms with Crippen molar-refractivity contribution < 1.29 is 0 Å². The average molecular weight is 454 g/mol. The van der Waals surface area contributed by atoms with Gasteiger partial charge in [-0.1, -0.05) is 96.5 Å². The van der Waals surface area contributed by atoms with Crippen LogP contribution in [0.1, 0.15) is 108 Å². The summed E-state index contributed by atoms with van der Waals surface area (Å²) >= 11 is 0. The van der Waals surface area contributed by atoms with Crippen molar-refractivity contribution >= 4 is 23.0 Å². The Morgan fingerprint density at radius 2 is 1.15 bits per heavy atom. The largest absolute Gasteiger partial charge is 0.393 e. The van der Waals surface area contributed by atoms with E-state index in [0.717, 1.165) is 18.7 Å². The smallest absolute Gasteiger partial charge is 0.159 e. The molecule has 0 aliphatic carbocycles. The van der Waals surface area contributed by atoms with Gasteiger partial charge >= 0.3 is 0 Å². The molecule has 0 amide bonds. The van der Waals surface area contributed by atoms with E-state index >= 15 is 0 Å². The lowest BCUT2D eigenvalue weighted by molar-refractivity contribution is 0.537. The van der Waals surface area contributed by atoms with E-state index in [-0.39, 0.29) is 0 Å². The van der Waals surface area contributed by atoms with E-state index in [4.69, 9.17) is 5.73 Å². The molecule has 2 aromatic rings. The zero-order valence-corrected chi connectivity index (χ0v) is 21.4. The number of rotatable bonds is 18. The zero-order chi connectivity index (χ0) is 23.7. The summed E-state index contributed by atoms with van der Waals surface area (Å²) in [5.41, 5.74) is 10.3. The van der Waals surface area contributed by atoms with Gasteiger partial charge in [-0.25, -0.2) is 9.97 Å². The van der Waals surface area contributed by atoms with Crippen molar-refractivity contribution in [1.29, 1.82) is 0 Å². The third-order valence-corrected chi connectivity index (χ3v) is 6.19. The second kappa shape index (κ2) is 16.3. The van der Waals surface area contributed by atoms with Crippen molar-refractivity contribution in [3.63, 3.8) is 0 Å². The first kappa shape index (κ1) is 26.9. The molecule has 0 saturated carbocycles. The molecule has 2 rings (SSSR count). The first-order valence-electron chi connectivity index (χ1n) is 13.3. The molecule has 5 nitrogen and oxygen atoms in total. The number of nitrogens with zero attached hydrogens (tertiary/aromatic N) is 2. The third kappa shape index (κ3) is 11.4. The van der Waals surface area contributed by atoms with E-state index in [1.165, 1.54) is 94.6 Å². The molecule has 0 aliphatic rings. The summed E-state index contributed by atoms with van der Waals surface area (Å²) in [5, 5.41) is 6.72. The molecule has 1 aromatic heterocycles. The van der Waals surface area contributed by atoms with Gasteiger partial charge in [-0.05, 0) is 43.5 Å². The lowest BCUT2D eigenvalue weighted by Crippen LogP contribution is -2.09. The predicted octanol–water partition coefficient (Wildman–Crippen LogP) is 8.31. The van der Waals surface area contributed by atoms with Crippen LogP contribution in [-0.2, 0) is 0 Å². The SMILES string of the molecule is CCCCCCCCCCCCCCCCNc1ncnc(Nc2cc(C)cc(C)c2)c1N. The van der Waals surface area contributed by atoms with Gasteiger partial charge in [0.2, 0.25) is 0 Å². The average Bonchev–Trinajstić information content (AvgIpc) is 2.78. The molecule has 0 atom stereocenters. The summed E-state index contributed by atoms with van der Waals surface area (Å²) < 4.78 is 0. The maximum absolute atomic E-state index is 6.32.